The highest BCUT2D eigenvalue weighted by atomic mass is 16.1. The standard InChI is InChI=1S/C19H26O2/c1-18-9-7-14-13(15(18)4-3-12(20)11-18)8-10-19(2)16(14)5-6-17(19)21/h15-16H,3-11H2,1-2H3/t15-,16-,18-,19+/m1/s1. The number of carbonyl (C=O) groups excluding carboxylic acids is 2. The molecule has 4 aliphatic rings. The molecule has 2 saturated carbocycles. The molecule has 4 aliphatic carbocycles. The largest absolute Gasteiger partial charge is 0.300 e. The molecule has 0 N–H and O–H groups in total. The van der Waals surface area contributed by atoms with Crippen LogP contribution >= 0.6 is 0 Å². The van der Waals surface area contributed by atoms with Gasteiger partial charge in [-0.15, -0.1) is 0 Å². The molecule has 0 spiro atoms. The van der Waals surface area contributed by atoms with Crippen molar-refractivity contribution in [2.75, 3.05) is 0 Å². The van der Waals surface area contributed by atoms with Crippen molar-refractivity contribution in [3.63, 3.8) is 0 Å². The summed E-state index contributed by atoms with van der Waals surface area (Å²) in [6.07, 6.45) is 8.96. The average Bonchev–Trinajstić information content (AvgIpc) is 2.73. The number of carbonyl (C=O) groups is 2. The summed E-state index contributed by atoms with van der Waals surface area (Å²) in [5.41, 5.74) is 3.47. The maximum atomic E-state index is 12.3. The van der Waals surface area contributed by atoms with Gasteiger partial charge < -0.3 is 0 Å². The van der Waals surface area contributed by atoms with Crippen LogP contribution in [-0.2, 0) is 9.59 Å². The molecule has 0 amide bonds. The fraction of sp³-hybridized carbons (Fsp3) is 0.789. The van der Waals surface area contributed by atoms with Crippen molar-refractivity contribution < 1.29 is 9.59 Å². The minimum Gasteiger partial charge on any atom is -0.300 e. The fourth-order valence-corrected chi connectivity index (χ4v) is 6.05. The first-order chi connectivity index (χ1) is 9.94. The van der Waals surface area contributed by atoms with Gasteiger partial charge in [-0.3, -0.25) is 9.59 Å². The van der Waals surface area contributed by atoms with Crippen molar-refractivity contribution in [2.45, 2.75) is 71.6 Å². The Kier molecular flexibility index (Phi) is 2.81. The Morgan fingerprint density at radius 1 is 0.857 bits per heavy atom. The van der Waals surface area contributed by atoms with E-state index in [1.807, 2.05) is 0 Å². The van der Waals surface area contributed by atoms with Crippen LogP contribution in [0.4, 0.5) is 0 Å². The summed E-state index contributed by atoms with van der Waals surface area (Å²) in [6, 6.07) is 0. The van der Waals surface area contributed by atoms with Gasteiger partial charge in [-0.25, -0.2) is 0 Å². The highest BCUT2D eigenvalue weighted by Gasteiger charge is 2.54. The molecule has 0 heterocycles. The number of hydrogen-bond acceptors (Lipinski definition) is 2. The van der Waals surface area contributed by atoms with E-state index in [0.29, 0.717) is 23.4 Å². The molecule has 2 heteroatoms. The van der Waals surface area contributed by atoms with Gasteiger partial charge in [0.1, 0.15) is 11.6 Å². The molecule has 2 fully saturated rings. The smallest absolute Gasteiger partial charge is 0.139 e. The highest BCUT2D eigenvalue weighted by Crippen LogP contribution is 2.61. The second kappa shape index (κ2) is 4.30. The second-order valence-electron chi connectivity index (χ2n) is 8.44. The van der Waals surface area contributed by atoms with Gasteiger partial charge in [0.25, 0.3) is 0 Å². The first kappa shape index (κ1) is 13.7. The zero-order valence-electron chi connectivity index (χ0n) is 13.3. The van der Waals surface area contributed by atoms with E-state index >= 15 is 0 Å². The molecular weight excluding hydrogens is 260 g/mol. The van der Waals surface area contributed by atoms with E-state index in [1.54, 1.807) is 11.1 Å². The van der Waals surface area contributed by atoms with Crippen LogP contribution in [0.2, 0.25) is 0 Å². The van der Waals surface area contributed by atoms with Crippen LogP contribution < -0.4 is 0 Å². The molecule has 0 aromatic heterocycles. The van der Waals surface area contributed by atoms with Crippen LogP contribution in [0.5, 0.6) is 0 Å². The van der Waals surface area contributed by atoms with Crippen molar-refractivity contribution in [1.82, 2.24) is 0 Å². The Hall–Kier alpha value is -0.920. The Morgan fingerprint density at radius 3 is 2.33 bits per heavy atom. The van der Waals surface area contributed by atoms with Gasteiger partial charge in [0.2, 0.25) is 0 Å². The Bertz CT molecular complexity index is 558. The van der Waals surface area contributed by atoms with Crippen molar-refractivity contribution in [2.24, 2.45) is 22.7 Å². The summed E-state index contributed by atoms with van der Waals surface area (Å²) in [5.74, 6) is 2.12. The van der Waals surface area contributed by atoms with E-state index in [-0.39, 0.29) is 10.8 Å². The number of allylic oxidation sites excluding steroid dienone is 2. The van der Waals surface area contributed by atoms with Gasteiger partial charge >= 0.3 is 0 Å². The van der Waals surface area contributed by atoms with Crippen LogP contribution in [0, 0.1) is 22.7 Å². The summed E-state index contributed by atoms with van der Waals surface area (Å²) in [6.45, 7) is 4.56. The van der Waals surface area contributed by atoms with Crippen molar-refractivity contribution in [1.29, 1.82) is 0 Å². The number of fused-ring (bicyclic) bond motifs is 4. The number of rotatable bonds is 0. The Labute approximate surface area is 127 Å². The lowest BCUT2D eigenvalue weighted by Crippen LogP contribution is -2.43. The van der Waals surface area contributed by atoms with Gasteiger partial charge in [0.05, 0.1) is 0 Å². The topological polar surface area (TPSA) is 34.1 Å². The average molecular weight is 286 g/mol. The molecule has 4 rings (SSSR count). The Balaban J connectivity index is 1.74. The van der Waals surface area contributed by atoms with Crippen molar-refractivity contribution in [3.05, 3.63) is 11.1 Å². The maximum absolute atomic E-state index is 12.3. The molecule has 0 aliphatic heterocycles. The predicted octanol–water partition coefficient (Wildman–Crippen LogP) is 4.23. The molecule has 0 aromatic rings. The van der Waals surface area contributed by atoms with E-state index < -0.39 is 0 Å². The van der Waals surface area contributed by atoms with Crippen LogP contribution in [0.25, 0.3) is 0 Å². The first-order valence-electron chi connectivity index (χ1n) is 8.71. The van der Waals surface area contributed by atoms with E-state index in [0.717, 1.165) is 57.8 Å². The normalized spacial score (nSPS) is 46.2. The lowest BCUT2D eigenvalue weighted by Gasteiger charge is -2.51. The van der Waals surface area contributed by atoms with E-state index in [2.05, 4.69) is 13.8 Å². The monoisotopic (exact) mass is 286 g/mol. The third-order valence-electron chi connectivity index (χ3n) is 7.35. The minimum absolute atomic E-state index is 0.0585. The molecule has 21 heavy (non-hydrogen) atoms. The third-order valence-corrected chi connectivity index (χ3v) is 7.35. The van der Waals surface area contributed by atoms with Crippen molar-refractivity contribution in [3.8, 4) is 0 Å². The molecule has 2 nitrogen and oxygen atoms in total. The highest BCUT2D eigenvalue weighted by molar-refractivity contribution is 5.88. The van der Waals surface area contributed by atoms with Gasteiger partial charge in [-0.1, -0.05) is 25.0 Å². The molecule has 114 valence electrons. The van der Waals surface area contributed by atoms with E-state index in [1.165, 1.54) is 0 Å². The number of Topliss-reactive ketones (excluding diaryl/α,β-unsaturated/α-hetero) is 2. The molecular formula is C19H26O2. The second-order valence-corrected chi connectivity index (χ2v) is 8.44. The lowest BCUT2D eigenvalue weighted by molar-refractivity contribution is -0.126. The fourth-order valence-electron chi connectivity index (χ4n) is 6.05. The summed E-state index contributed by atoms with van der Waals surface area (Å²) >= 11 is 0. The summed E-state index contributed by atoms with van der Waals surface area (Å²) in [7, 11) is 0. The summed E-state index contributed by atoms with van der Waals surface area (Å²) in [5, 5.41) is 0. The van der Waals surface area contributed by atoms with Crippen LogP contribution in [-0.4, -0.2) is 11.6 Å². The van der Waals surface area contributed by atoms with Crippen molar-refractivity contribution >= 4 is 11.6 Å². The summed E-state index contributed by atoms with van der Waals surface area (Å²) < 4.78 is 0. The minimum atomic E-state index is -0.0585. The third kappa shape index (κ3) is 1.77. The van der Waals surface area contributed by atoms with Crippen LogP contribution in [0.1, 0.15) is 71.6 Å². The molecule has 0 bridgehead atoms. The predicted molar refractivity (Wildman–Crippen MR) is 81.8 cm³/mol. The van der Waals surface area contributed by atoms with E-state index in [4.69, 9.17) is 0 Å². The number of ketones is 2. The summed E-state index contributed by atoms with van der Waals surface area (Å²) in [4.78, 5) is 24.2. The maximum Gasteiger partial charge on any atom is 0.139 e. The zero-order valence-corrected chi connectivity index (χ0v) is 13.3. The number of hydrogen-bond donors (Lipinski definition) is 0. The molecule has 4 atom stereocenters. The lowest BCUT2D eigenvalue weighted by atomic mass is 9.53. The Morgan fingerprint density at radius 2 is 1.52 bits per heavy atom. The van der Waals surface area contributed by atoms with Gasteiger partial charge in [0.15, 0.2) is 0 Å². The molecule has 0 saturated heterocycles. The first-order valence-corrected chi connectivity index (χ1v) is 8.71. The molecule has 0 radical (unpaired) electrons. The van der Waals surface area contributed by atoms with Crippen LogP contribution in [0.3, 0.4) is 0 Å². The van der Waals surface area contributed by atoms with E-state index in [9.17, 15) is 9.59 Å². The molecule has 0 unspecified atom stereocenters. The zero-order chi connectivity index (χ0) is 14.8. The SMILES string of the molecule is C[C@]12CCC3=C(CC[C@]4(C)C(=O)CC[C@H]34)[C@H]1CCC(=O)C2. The van der Waals surface area contributed by atoms with Gasteiger partial charge in [-0.2, -0.15) is 0 Å². The van der Waals surface area contributed by atoms with Gasteiger partial charge in [-0.05, 0) is 55.8 Å². The van der Waals surface area contributed by atoms with Crippen LogP contribution in [0.15, 0.2) is 11.1 Å². The van der Waals surface area contributed by atoms with Gasteiger partial charge in [0, 0.05) is 24.7 Å². The molecule has 0 aromatic carbocycles. The quantitative estimate of drug-likeness (QED) is 0.624.